The van der Waals surface area contributed by atoms with Crippen LogP contribution < -0.4 is 5.32 Å². The first-order valence-corrected chi connectivity index (χ1v) is 10.7. The van der Waals surface area contributed by atoms with E-state index in [9.17, 15) is 14.4 Å². The fourth-order valence-electron chi connectivity index (χ4n) is 3.40. The molecule has 1 aliphatic heterocycles. The van der Waals surface area contributed by atoms with Gasteiger partial charge in [0.2, 0.25) is 5.91 Å². The molecular weight excluding hydrogens is 398 g/mol. The van der Waals surface area contributed by atoms with Crippen molar-refractivity contribution in [2.75, 3.05) is 11.9 Å². The van der Waals surface area contributed by atoms with Gasteiger partial charge in [-0.2, -0.15) is 0 Å². The van der Waals surface area contributed by atoms with Crippen LogP contribution in [0.4, 0.5) is 5.13 Å². The Morgan fingerprint density at radius 1 is 1.03 bits per heavy atom. The third-order valence-electron chi connectivity index (χ3n) is 5.07. The predicted molar refractivity (Wildman–Crippen MR) is 117 cm³/mol. The monoisotopic (exact) mass is 419 g/mol. The molecule has 0 fully saturated rings. The molecule has 0 radical (unpaired) electrons. The van der Waals surface area contributed by atoms with E-state index in [1.165, 1.54) is 21.8 Å². The molecule has 0 atom stereocenters. The van der Waals surface area contributed by atoms with Gasteiger partial charge in [-0.05, 0) is 30.5 Å². The number of nitrogens with one attached hydrogen (secondary N) is 1. The smallest absolute Gasteiger partial charge is 0.261 e. The van der Waals surface area contributed by atoms with Crippen molar-refractivity contribution in [3.05, 3.63) is 70.6 Å². The second-order valence-electron chi connectivity index (χ2n) is 7.05. The van der Waals surface area contributed by atoms with Crippen molar-refractivity contribution in [1.82, 2.24) is 9.88 Å². The van der Waals surface area contributed by atoms with Gasteiger partial charge in [0.05, 0.1) is 16.8 Å². The Hall–Kier alpha value is -3.32. The van der Waals surface area contributed by atoms with Crippen molar-refractivity contribution in [2.45, 2.75) is 26.2 Å². The topological polar surface area (TPSA) is 79.4 Å². The van der Waals surface area contributed by atoms with Crippen LogP contribution in [0.25, 0.3) is 11.3 Å². The standard InChI is InChI=1S/C23H21N3O3S/c1-2-15-9-11-16(12-10-15)19-14-30-23(24-19)25-20(27)8-5-13-26-21(28)17-6-3-4-7-18(17)22(26)29/h3-4,6-7,9-12,14H,2,5,8,13H2,1H3,(H,24,25,27). The van der Waals surface area contributed by atoms with Gasteiger partial charge in [0, 0.05) is 23.9 Å². The molecule has 7 heteroatoms. The van der Waals surface area contributed by atoms with Crippen molar-refractivity contribution in [3.8, 4) is 11.3 Å². The highest BCUT2D eigenvalue weighted by Gasteiger charge is 2.34. The zero-order valence-corrected chi connectivity index (χ0v) is 17.4. The molecule has 0 saturated carbocycles. The van der Waals surface area contributed by atoms with Crippen molar-refractivity contribution in [1.29, 1.82) is 0 Å². The van der Waals surface area contributed by atoms with E-state index >= 15 is 0 Å². The van der Waals surface area contributed by atoms with Crippen LogP contribution >= 0.6 is 11.3 Å². The third kappa shape index (κ3) is 4.02. The number of thiazole rings is 1. The lowest BCUT2D eigenvalue weighted by atomic mass is 10.1. The first-order valence-electron chi connectivity index (χ1n) is 9.86. The van der Waals surface area contributed by atoms with Crippen LogP contribution in [0.5, 0.6) is 0 Å². The fraction of sp³-hybridized carbons (Fsp3) is 0.217. The number of nitrogens with zero attached hydrogens (tertiary/aromatic N) is 2. The fourth-order valence-corrected chi connectivity index (χ4v) is 4.13. The summed E-state index contributed by atoms with van der Waals surface area (Å²) in [5.74, 6) is -0.779. The summed E-state index contributed by atoms with van der Waals surface area (Å²) in [4.78, 5) is 42.6. The molecule has 30 heavy (non-hydrogen) atoms. The van der Waals surface area contributed by atoms with Gasteiger partial charge in [0.1, 0.15) is 0 Å². The number of aromatic nitrogens is 1. The molecule has 152 valence electrons. The summed E-state index contributed by atoms with van der Waals surface area (Å²) >= 11 is 1.37. The van der Waals surface area contributed by atoms with E-state index in [-0.39, 0.29) is 30.7 Å². The molecule has 0 unspecified atom stereocenters. The predicted octanol–water partition coefficient (Wildman–Crippen LogP) is 4.39. The van der Waals surface area contributed by atoms with Gasteiger partial charge in [-0.3, -0.25) is 19.3 Å². The summed E-state index contributed by atoms with van der Waals surface area (Å²) in [6, 6.07) is 15.0. The summed E-state index contributed by atoms with van der Waals surface area (Å²) in [5, 5.41) is 5.25. The maximum Gasteiger partial charge on any atom is 0.261 e. The Bertz CT molecular complexity index is 1070. The Balaban J connectivity index is 1.29. The molecule has 0 saturated heterocycles. The Labute approximate surface area is 178 Å². The van der Waals surface area contributed by atoms with Crippen LogP contribution in [0.1, 0.15) is 46.0 Å². The number of fused-ring (bicyclic) bond motifs is 1. The van der Waals surface area contributed by atoms with E-state index in [2.05, 4.69) is 29.4 Å². The minimum atomic E-state index is -0.297. The second kappa shape index (κ2) is 8.59. The van der Waals surface area contributed by atoms with Crippen molar-refractivity contribution < 1.29 is 14.4 Å². The highest BCUT2D eigenvalue weighted by molar-refractivity contribution is 7.14. The van der Waals surface area contributed by atoms with Crippen LogP contribution in [0.3, 0.4) is 0 Å². The lowest BCUT2D eigenvalue weighted by Crippen LogP contribution is -2.31. The molecule has 3 aromatic rings. The second-order valence-corrected chi connectivity index (χ2v) is 7.91. The highest BCUT2D eigenvalue weighted by atomic mass is 32.1. The molecule has 0 spiro atoms. The van der Waals surface area contributed by atoms with Gasteiger partial charge >= 0.3 is 0 Å². The molecule has 3 amide bonds. The number of imide groups is 1. The summed E-state index contributed by atoms with van der Waals surface area (Å²) in [7, 11) is 0. The van der Waals surface area contributed by atoms with Crippen LogP contribution in [0, 0.1) is 0 Å². The molecule has 0 aliphatic carbocycles. The molecule has 0 bridgehead atoms. The number of rotatable bonds is 7. The maximum absolute atomic E-state index is 12.3. The number of carbonyl (C=O) groups is 3. The SMILES string of the molecule is CCc1ccc(-c2csc(NC(=O)CCCN3C(=O)c4ccccc4C3=O)n2)cc1. The Kier molecular flexibility index (Phi) is 5.72. The summed E-state index contributed by atoms with van der Waals surface area (Å²) in [6.07, 6.45) is 1.58. The highest BCUT2D eigenvalue weighted by Crippen LogP contribution is 2.26. The van der Waals surface area contributed by atoms with Crippen LogP contribution in [0.2, 0.25) is 0 Å². The van der Waals surface area contributed by atoms with Gasteiger partial charge < -0.3 is 5.32 Å². The zero-order valence-electron chi connectivity index (χ0n) is 16.6. The average molecular weight is 420 g/mol. The average Bonchev–Trinajstić information content (AvgIpc) is 3.32. The van der Waals surface area contributed by atoms with E-state index in [0.29, 0.717) is 22.7 Å². The third-order valence-corrected chi connectivity index (χ3v) is 5.83. The molecule has 6 nitrogen and oxygen atoms in total. The van der Waals surface area contributed by atoms with Gasteiger partial charge in [-0.15, -0.1) is 11.3 Å². The van der Waals surface area contributed by atoms with Gasteiger partial charge in [-0.1, -0.05) is 43.3 Å². The van der Waals surface area contributed by atoms with Gasteiger partial charge in [0.25, 0.3) is 11.8 Å². The molecular formula is C23H21N3O3S. The summed E-state index contributed by atoms with van der Waals surface area (Å²) < 4.78 is 0. The normalized spacial score (nSPS) is 12.9. The number of amides is 3. The van der Waals surface area contributed by atoms with Crippen LogP contribution in [-0.4, -0.2) is 34.2 Å². The van der Waals surface area contributed by atoms with E-state index in [1.54, 1.807) is 24.3 Å². The first-order chi connectivity index (χ1) is 14.6. The van der Waals surface area contributed by atoms with Crippen molar-refractivity contribution in [2.24, 2.45) is 0 Å². The molecule has 1 aliphatic rings. The number of hydrogen-bond donors (Lipinski definition) is 1. The molecule has 2 aromatic carbocycles. The number of anilines is 1. The lowest BCUT2D eigenvalue weighted by molar-refractivity contribution is -0.116. The van der Waals surface area contributed by atoms with Crippen LogP contribution in [0.15, 0.2) is 53.9 Å². The summed E-state index contributed by atoms with van der Waals surface area (Å²) in [6.45, 7) is 2.33. The number of carbonyl (C=O) groups excluding carboxylic acids is 3. The van der Waals surface area contributed by atoms with Crippen molar-refractivity contribution >= 4 is 34.2 Å². The van der Waals surface area contributed by atoms with E-state index in [1.807, 2.05) is 17.5 Å². The van der Waals surface area contributed by atoms with Crippen molar-refractivity contribution in [3.63, 3.8) is 0 Å². The molecule has 2 heterocycles. The molecule has 1 N–H and O–H groups in total. The van der Waals surface area contributed by atoms with Gasteiger partial charge in [0.15, 0.2) is 5.13 Å². The Morgan fingerprint density at radius 2 is 1.70 bits per heavy atom. The van der Waals surface area contributed by atoms with E-state index in [0.717, 1.165) is 17.7 Å². The maximum atomic E-state index is 12.3. The number of aryl methyl sites for hydroxylation is 1. The minimum Gasteiger partial charge on any atom is -0.302 e. The first kappa shape index (κ1) is 20.0. The quantitative estimate of drug-likeness (QED) is 0.576. The lowest BCUT2D eigenvalue weighted by Gasteiger charge is -2.13. The Morgan fingerprint density at radius 3 is 2.33 bits per heavy atom. The number of hydrogen-bond acceptors (Lipinski definition) is 5. The molecule has 4 rings (SSSR count). The van der Waals surface area contributed by atoms with Gasteiger partial charge in [-0.25, -0.2) is 4.98 Å². The van der Waals surface area contributed by atoms with Crippen LogP contribution in [-0.2, 0) is 11.2 Å². The zero-order chi connectivity index (χ0) is 21.1. The van der Waals surface area contributed by atoms with E-state index in [4.69, 9.17) is 0 Å². The number of benzene rings is 2. The minimum absolute atomic E-state index is 0.186. The largest absolute Gasteiger partial charge is 0.302 e. The molecule has 1 aromatic heterocycles. The summed E-state index contributed by atoms with van der Waals surface area (Å²) in [5.41, 5.74) is 3.95. The van der Waals surface area contributed by atoms with E-state index < -0.39 is 0 Å².